The molecule has 2 heteroatoms. The minimum absolute atomic E-state index is 0.182. The Morgan fingerprint density at radius 2 is 1.92 bits per heavy atom. The first kappa shape index (κ1) is 9.52. The fourth-order valence-corrected chi connectivity index (χ4v) is 1.10. The lowest BCUT2D eigenvalue weighted by Crippen LogP contribution is -1.85. The zero-order chi connectivity index (χ0) is 9.84. The topological polar surface area (TPSA) is 20.2 Å². The Hall–Kier alpha value is -1.57. The molecule has 0 radical (unpaired) electrons. The van der Waals surface area contributed by atoms with E-state index in [0.717, 1.165) is 5.56 Å². The second-order valence-electron chi connectivity index (χ2n) is 2.71. The molecule has 1 N–H and O–H groups in total. The van der Waals surface area contributed by atoms with Crippen LogP contribution in [0, 0.1) is 5.82 Å². The molecule has 0 atom stereocenters. The summed E-state index contributed by atoms with van der Waals surface area (Å²) in [6, 6.07) is 5.90. The van der Waals surface area contributed by atoms with Crippen LogP contribution in [0.2, 0.25) is 0 Å². The van der Waals surface area contributed by atoms with Crippen LogP contribution in [0.25, 0.3) is 5.57 Å². The van der Waals surface area contributed by atoms with Crippen molar-refractivity contribution in [1.82, 2.24) is 0 Å². The van der Waals surface area contributed by atoms with E-state index in [-0.39, 0.29) is 11.6 Å². The van der Waals surface area contributed by atoms with Gasteiger partial charge in [0.25, 0.3) is 0 Å². The van der Waals surface area contributed by atoms with Crippen molar-refractivity contribution in [2.75, 3.05) is 0 Å². The van der Waals surface area contributed by atoms with Crippen molar-refractivity contribution in [3.05, 3.63) is 54.1 Å². The van der Waals surface area contributed by atoms with Gasteiger partial charge in [0.05, 0.1) is 5.76 Å². The molecule has 0 spiro atoms. The van der Waals surface area contributed by atoms with Gasteiger partial charge in [-0.1, -0.05) is 24.8 Å². The van der Waals surface area contributed by atoms with E-state index in [9.17, 15) is 9.50 Å². The molecule has 0 amide bonds. The van der Waals surface area contributed by atoms with E-state index in [0.29, 0.717) is 5.57 Å². The Labute approximate surface area is 76.8 Å². The van der Waals surface area contributed by atoms with Crippen LogP contribution in [0.1, 0.15) is 12.5 Å². The number of aliphatic hydroxyl groups is 1. The average molecular weight is 178 g/mol. The Morgan fingerprint density at radius 3 is 2.31 bits per heavy atom. The van der Waals surface area contributed by atoms with Crippen LogP contribution in [0.4, 0.5) is 4.39 Å². The first-order valence-electron chi connectivity index (χ1n) is 3.93. The van der Waals surface area contributed by atoms with E-state index in [1.807, 2.05) is 0 Å². The molecule has 1 nitrogen and oxygen atoms in total. The highest BCUT2D eigenvalue weighted by atomic mass is 19.1. The second kappa shape index (κ2) is 3.90. The standard InChI is InChI=1S/C11H11FO/c1-3-11(8(2)13)9-4-6-10(12)7-5-9/h3-7,13H,1H2,2H3/b11-8-. The molecule has 0 saturated heterocycles. The summed E-state index contributed by atoms with van der Waals surface area (Å²) < 4.78 is 12.6. The van der Waals surface area contributed by atoms with Crippen molar-refractivity contribution >= 4 is 5.57 Å². The molecule has 1 rings (SSSR count). The van der Waals surface area contributed by atoms with Gasteiger partial charge in [0.2, 0.25) is 0 Å². The molecule has 0 aliphatic rings. The quantitative estimate of drug-likeness (QED) is 0.544. The molecule has 13 heavy (non-hydrogen) atoms. The lowest BCUT2D eigenvalue weighted by Gasteiger charge is -2.02. The van der Waals surface area contributed by atoms with Crippen molar-refractivity contribution in [3.63, 3.8) is 0 Å². The predicted molar refractivity (Wildman–Crippen MR) is 51.8 cm³/mol. The monoisotopic (exact) mass is 178 g/mol. The third-order valence-electron chi connectivity index (χ3n) is 1.75. The van der Waals surface area contributed by atoms with Crippen LogP contribution in [-0.2, 0) is 0 Å². The number of rotatable bonds is 2. The number of hydrogen-bond donors (Lipinski definition) is 1. The lowest BCUT2D eigenvalue weighted by atomic mass is 10.1. The van der Waals surface area contributed by atoms with Gasteiger partial charge in [0, 0.05) is 5.57 Å². The first-order chi connectivity index (χ1) is 6.15. The Kier molecular flexibility index (Phi) is 2.85. The molecule has 0 aliphatic carbocycles. The highest BCUT2D eigenvalue weighted by Crippen LogP contribution is 2.18. The Balaban J connectivity index is 3.15. The average Bonchev–Trinajstić information content (AvgIpc) is 2.09. The van der Waals surface area contributed by atoms with Crippen molar-refractivity contribution in [2.45, 2.75) is 6.92 Å². The summed E-state index contributed by atoms with van der Waals surface area (Å²) in [5.41, 5.74) is 1.39. The van der Waals surface area contributed by atoms with Crippen LogP contribution in [0.5, 0.6) is 0 Å². The maximum atomic E-state index is 12.6. The number of hydrogen-bond acceptors (Lipinski definition) is 1. The van der Waals surface area contributed by atoms with Gasteiger partial charge in [0.15, 0.2) is 0 Å². The molecule has 0 fully saturated rings. The Morgan fingerprint density at radius 1 is 1.38 bits per heavy atom. The van der Waals surface area contributed by atoms with Crippen molar-refractivity contribution < 1.29 is 9.50 Å². The van der Waals surface area contributed by atoms with Gasteiger partial charge in [-0.05, 0) is 24.6 Å². The van der Waals surface area contributed by atoms with Crippen LogP contribution in [0.15, 0.2) is 42.7 Å². The van der Waals surface area contributed by atoms with Gasteiger partial charge >= 0.3 is 0 Å². The van der Waals surface area contributed by atoms with Crippen molar-refractivity contribution in [1.29, 1.82) is 0 Å². The number of aliphatic hydroxyl groups excluding tert-OH is 1. The lowest BCUT2D eigenvalue weighted by molar-refractivity contribution is 0.417. The highest BCUT2D eigenvalue weighted by molar-refractivity contribution is 5.74. The second-order valence-corrected chi connectivity index (χ2v) is 2.71. The summed E-state index contributed by atoms with van der Waals surface area (Å²) in [6.07, 6.45) is 1.54. The van der Waals surface area contributed by atoms with Gasteiger partial charge in [-0.3, -0.25) is 0 Å². The molecule has 0 bridgehead atoms. The third kappa shape index (κ3) is 2.18. The fraction of sp³-hybridized carbons (Fsp3) is 0.0909. The summed E-state index contributed by atoms with van der Waals surface area (Å²) in [7, 11) is 0. The molecule has 0 unspecified atom stereocenters. The molecule has 0 saturated carbocycles. The van der Waals surface area contributed by atoms with Crippen molar-refractivity contribution in [3.8, 4) is 0 Å². The SMILES string of the molecule is C=C/C(=C(\C)O)c1ccc(F)cc1. The molecule has 68 valence electrons. The smallest absolute Gasteiger partial charge is 0.123 e. The minimum Gasteiger partial charge on any atom is -0.512 e. The maximum absolute atomic E-state index is 12.6. The summed E-state index contributed by atoms with van der Waals surface area (Å²) >= 11 is 0. The van der Waals surface area contributed by atoms with E-state index in [1.165, 1.54) is 12.1 Å². The van der Waals surface area contributed by atoms with E-state index < -0.39 is 0 Å². The zero-order valence-corrected chi connectivity index (χ0v) is 7.42. The number of halogens is 1. The van der Waals surface area contributed by atoms with E-state index in [4.69, 9.17) is 0 Å². The summed E-state index contributed by atoms with van der Waals surface area (Å²) in [6.45, 7) is 5.14. The molecular formula is C11H11FO. The van der Waals surface area contributed by atoms with Crippen LogP contribution < -0.4 is 0 Å². The number of benzene rings is 1. The number of allylic oxidation sites excluding steroid dienone is 3. The molecule has 1 aromatic rings. The van der Waals surface area contributed by atoms with Gasteiger partial charge in [-0.25, -0.2) is 4.39 Å². The van der Waals surface area contributed by atoms with Crippen LogP contribution in [-0.4, -0.2) is 5.11 Å². The highest BCUT2D eigenvalue weighted by Gasteiger charge is 2.00. The van der Waals surface area contributed by atoms with E-state index >= 15 is 0 Å². The van der Waals surface area contributed by atoms with Crippen molar-refractivity contribution in [2.24, 2.45) is 0 Å². The molecule has 0 heterocycles. The van der Waals surface area contributed by atoms with Gasteiger partial charge < -0.3 is 5.11 Å². The van der Waals surface area contributed by atoms with Crippen LogP contribution >= 0.6 is 0 Å². The fourth-order valence-electron chi connectivity index (χ4n) is 1.10. The van der Waals surface area contributed by atoms with E-state index in [1.54, 1.807) is 25.1 Å². The molecule has 1 aromatic carbocycles. The van der Waals surface area contributed by atoms with Gasteiger partial charge in [-0.15, -0.1) is 0 Å². The van der Waals surface area contributed by atoms with Gasteiger partial charge in [0.1, 0.15) is 5.82 Å². The Bertz CT molecular complexity index is 332. The molecule has 0 aromatic heterocycles. The summed E-state index contributed by atoms with van der Waals surface area (Å²) in [5, 5.41) is 9.25. The predicted octanol–water partition coefficient (Wildman–Crippen LogP) is 3.30. The first-order valence-corrected chi connectivity index (χ1v) is 3.93. The minimum atomic E-state index is -0.289. The normalized spacial score (nSPS) is 12.2. The largest absolute Gasteiger partial charge is 0.512 e. The molecule has 0 aliphatic heterocycles. The summed E-state index contributed by atoms with van der Waals surface area (Å²) in [5.74, 6) is -0.107. The van der Waals surface area contributed by atoms with Gasteiger partial charge in [-0.2, -0.15) is 0 Å². The maximum Gasteiger partial charge on any atom is 0.123 e. The summed E-state index contributed by atoms with van der Waals surface area (Å²) in [4.78, 5) is 0. The molecular weight excluding hydrogens is 167 g/mol. The van der Waals surface area contributed by atoms with Crippen LogP contribution in [0.3, 0.4) is 0 Å². The van der Waals surface area contributed by atoms with E-state index in [2.05, 4.69) is 6.58 Å². The third-order valence-corrected chi connectivity index (χ3v) is 1.75. The zero-order valence-electron chi connectivity index (χ0n) is 7.42.